The zero-order chi connectivity index (χ0) is 20.2. The van der Waals surface area contributed by atoms with Gasteiger partial charge in [-0.25, -0.2) is 4.79 Å². The number of methoxy groups -OCH3 is 1. The van der Waals surface area contributed by atoms with Crippen molar-refractivity contribution < 1.29 is 18.5 Å². The van der Waals surface area contributed by atoms with Crippen LogP contribution in [-0.4, -0.2) is 23.9 Å². The highest BCUT2D eigenvalue weighted by atomic mass is 32.1. The molecule has 0 saturated carbocycles. The summed E-state index contributed by atoms with van der Waals surface area (Å²) in [6.07, 6.45) is 0.994. The first-order valence-electron chi connectivity index (χ1n) is 9.47. The Morgan fingerprint density at radius 3 is 2.79 bits per heavy atom. The normalized spacial score (nSPS) is 12.3. The topological polar surface area (TPSA) is 82.8 Å². The molecule has 0 aliphatic heterocycles. The van der Waals surface area contributed by atoms with E-state index in [1.165, 1.54) is 4.90 Å². The molecule has 1 aromatic carbocycles. The Morgan fingerprint density at radius 2 is 2.03 bits per heavy atom. The molecule has 0 spiro atoms. The Morgan fingerprint density at radius 1 is 1.14 bits per heavy atom. The number of hydrogen-bond donors (Lipinski definition) is 1. The Bertz CT molecular complexity index is 1150. The van der Waals surface area contributed by atoms with Crippen LogP contribution in [0.2, 0.25) is 0 Å². The van der Waals surface area contributed by atoms with Gasteiger partial charge in [0.05, 0.1) is 18.5 Å². The van der Waals surface area contributed by atoms with E-state index in [1.54, 1.807) is 30.6 Å². The van der Waals surface area contributed by atoms with Crippen molar-refractivity contribution >= 4 is 22.3 Å². The average Bonchev–Trinajstić information content (AvgIpc) is 3.39. The maximum Gasteiger partial charge on any atom is 0.336 e. The molecule has 150 valence electrons. The molecule has 1 atom stereocenters. The lowest BCUT2D eigenvalue weighted by Crippen LogP contribution is -3.09. The van der Waals surface area contributed by atoms with E-state index in [9.17, 15) is 4.79 Å². The zero-order valence-electron chi connectivity index (χ0n) is 16.3. The molecule has 3 aromatic heterocycles. The van der Waals surface area contributed by atoms with Crippen molar-refractivity contribution in [1.82, 2.24) is 10.2 Å². The first kappa shape index (κ1) is 19.4. The molecule has 7 nitrogen and oxygen atoms in total. The monoisotopic (exact) mass is 412 g/mol. The summed E-state index contributed by atoms with van der Waals surface area (Å²) in [5, 5.41) is 11.3. The lowest BCUT2D eigenvalue weighted by molar-refractivity contribution is -0.928. The van der Waals surface area contributed by atoms with E-state index in [0.29, 0.717) is 36.2 Å². The first-order valence-corrected chi connectivity index (χ1v) is 10.3. The van der Waals surface area contributed by atoms with Crippen molar-refractivity contribution in [3.05, 3.63) is 63.7 Å². The predicted octanol–water partition coefficient (Wildman–Crippen LogP) is 2.91. The largest absolute Gasteiger partial charge is 0.497 e. The molecule has 1 unspecified atom stereocenters. The van der Waals surface area contributed by atoms with Crippen molar-refractivity contribution in [3.8, 4) is 16.5 Å². The highest BCUT2D eigenvalue weighted by Crippen LogP contribution is 2.23. The minimum atomic E-state index is -0.366. The minimum Gasteiger partial charge on any atom is -0.497 e. The van der Waals surface area contributed by atoms with Crippen LogP contribution in [0.4, 0.5) is 0 Å². The van der Waals surface area contributed by atoms with E-state index in [-0.39, 0.29) is 5.63 Å². The summed E-state index contributed by atoms with van der Waals surface area (Å²) < 4.78 is 16.5. The van der Waals surface area contributed by atoms with E-state index < -0.39 is 0 Å². The van der Waals surface area contributed by atoms with Crippen molar-refractivity contribution in [3.63, 3.8) is 0 Å². The number of rotatable bonds is 8. The Hall–Kier alpha value is -2.97. The van der Waals surface area contributed by atoms with Gasteiger partial charge in [0, 0.05) is 23.1 Å². The number of benzene rings is 1. The number of nitrogens with one attached hydrogen (secondary N) is 1. The molecular weight excluding hydrogens is 390 g/mol. The molecule has 1 N–H and O–H groups in total. The van der Waals surface area contributed by atoms with E-state index >= 15 is 0 Å². The number of hydrogen-bond acceptors (Lipinski definition) is 7. The summed E-state index contributed by atoms with van der Waals surface area (Å²) in [5.74, 6) is 1.79. The Kier molecular flexibility index (Phi) is 5.73. The van der Waals surface area contributed by atoms with Gasteiger partial charge in [-0.2, -0.15) is 0 Å². The zero-order valence-corrected chi connectivity index (χ0v) is 17.1. The fourth-order valence-corrected chi connectivity index (χ4v) is 4.03. The number of fused-ring (bicyclic) bond motifs is 1. The quantitative estimate of drug-likeness (QED) is 0.448. The number of thiophene rings is 1. The molecule has 4 aromatic rings. The standard InChI is InChI=1S/C21H21N3O4S/c1-3-8-24(13-19-22-23-21(28-19)18-5-4-9-29-18)12-14-10-20(25)27-17-11-15(26-2)6-7-16(14)17/h4-7,9-11H,3,8,12-13H2,1-2H3/p+1. The van der Waals surface area contributed by atoms with Gasteiger partial charge >= 0.3 is 5.63 Å². The fourth-order valence-electron chi connectivity index (χ4n) is 3.38. The van der Waals surface area contributed by atoms with Gasteiger partial charge in [-0.05, 0) is 30.0 Å². The van der Waals surface area contributed by atoms with Crippen LogP contribution in [0.5, 0.6) is 5.75 Å². The molecule has 0 amide bonds. The molecule has 29 heavy (non-hydrogen) atoms. The summed E-state index contributed by atoms with van der Waals surface area (Å²) in [6, 6.07) is 11.0. The maximum absolute atomic E-state index is 12.1. The number of ether oxygens (including phenoxy) is 1. The van der Waals surface area contributed by atoms with Crippen LogP contribution >= 0.6 is 11.3 Å². The molecular formula is C21H22N3O4S+. The highest BCUT2D eigenvalue weighted by molar-refractivity contribution is 7.13. The van der Waals surface area contributed by atoms with Crippen molar-refractivity contribution in [2.75, 3.05) is 13.7 Å². The molecule has 0 fully saturated rings. The third-order valence-corrected chi connectivity index (χ3v) is 5.54. The predicted molar refractivity (Wildman–Crippen MR) is 110 cm³/mol. The Labute approximate surface area is 171 Å². The number of quaternary nitrogens is 1. The smallest absolute Gasteiger partial charge is 0.336 e. The highest BCUT2D eigenvalue weighted by Gasteiger charge is 2.18. The second-order valence-corrected chi connectivity index (χ2v) is 7.73. The summed E-state index contributed by atoms with van der Waals surface area (Å²) in [7, 11) is 1.59. The number of aromatic nitrogens is 2. The third kappa shape index (κ3) is 4.38. The van der Waals surface area contributed by atoms with E-state index in [1.807, 2.05) is 29.6 Å². The van der Waals surface area contributed by atoms with Gasteiger partial charge in [0.15, 0.2) is 6.54 Å². The molecule has 3 heterocycles. The van der Waals surface area contributed by atoms with Gasteiger partial charge < -0.3 is 18.5 Å². The second kappa shape index (κ2) is 8.59. The van der Waals surface area contributed by atoms with Crippen LogP contribution in [0.15, 0.2) is 55.4 Å². The first-order chi connectivity index (χ1) is 14.2. The van der Waals surface area contributed by atoms with Gasteiger partial charge in [-0.1, -0.05) is 13.0 Å². The van der Waals surface area contributed by atoms with Gasteiger partial charge in [-0.15, -0.1) is 21.5 Å². The van der Waals surface area contributed by atoms with Crippen LogP contribution in [0, 0.1) is 0 Å². The van der Waals surface area contributed by atoms with Gasteiger partial charge in [0.25, 0.3) is 11.8 Å². The van der Waals surface area contributed by atoms with Gasteiger partial charge in [-0.3, -0.25) is 0 Å². The van der Waals surface area contributed by atoms with E-state index in [4.69, 9.17) is 13.6 Å². The maximum atomic E-state index is 12.1. The lowest BCUT2D eigenvalue weighted by Gasteiger charge is -2.18. The summed E-state index contributed by atoms with van der Waals surface area (Å²) in [4.78, 5) is 14.3. The summed E-state index contributed by atoms with van der Waals surface area (Å²) in [5.41, 5.74) is 1.09. The third-order valence-electron chi connectivity index (χ3n) is 4.68. The van der Waals surface area contributed by atoms with E-state index in [0.717, 1.165) is 28.8 Å². The summed E-state index contributed by atoms with van der Waals surface area (Å²) in [6.45, 7) is 4.28. The lowest BCUT2D eigenvalue weighted by atomic mass is 10.1. The average molecular weight is 412 g/mol. The Balaban J connectivity index is 1.59. The second-order valence-electron chi connectivity index (χ2n) is 6.78. The molecule has 0 aliphatic rings. The molecule has 0 radical (unpaired) electrons. The molecule has 0 bridgehead atoms. The molecule has 0 saturated heterocycles. The van der Waals surface area contributed by atoms with Crippen LogP contribution in [0.25, 0.3) is 21.7 Å². The fraction of sp³-hybridized carbons (Fsp3) is 0.286. The van der Waals surface area contributed by atoms with Crippen LogP contribution in [0.3, 0.4) is 0 Å². The molecule has 4 rings (SSSR count). The molecule has 8 heteroatoms. The van der Waals surface area contributed by atoms with Crippen molar-refractivity contribution in [1.29, 1.82) is 0 Å². The SMILES string of the molecule is CCC[NH+](Cc1nnc(-c2cccs2)o1)Cc1cc(=O)oc2cc(OC)ccc12. The van der Waals surface area contributed by atoms with Gasteiger partial charge in [0.1, 0.15) is 17.9 Å². The van der Waals surface area contributed by atoms with Crippen LogP contribution in [-0.2, 0) is 13.1 Å². The van der Waals surface area contributed by atoms with Crippen molar-refractivity contribution in [2.24, 2.45) is 0 Å². The summed E-state index contributed by atoms with van der Waals surface area (Å²) >= 11 is 1.57. The van der Waals surface area contributed by atoms with Gasteiger partial charge in [0.2, 0.25) is 0 Å². The van der Waals surface area contributed by atoms with Crippen molar-refractivity contribution in [2.45, 2.75) is 26.4 Å². The van der Waals surface area contributed by atoms with E-state index in [2.05, 4.69) is 17.1 Å². The van der Waals surface area contributed by atoms with Crippen LogP contribution < -0.4 is 15.3 Å². The number of nitrogens with zero attached hydrogens (tertiary/aromatic N) is 2. The van der Waals surface area contributed by atoms with Crippen LogP contribution in [0.1, 0.15) is 24.8 Å². The minimum absolute atomic E-state index is 0.366. The molecule has 0 aliphatic carbocycles.